The van der Waals surface area contributed by atoms with E-state index >= 15 is 0 Å². The average Bonchev–Trinajstić information content (AvgIpc) is 2.55. The van der Waals surface area contributed by atoms with Crippen molar-refractivity contribution in [2.45, 2.75) is 32.2 Å². The summed E-state index contributed by atoms with van der Waals surface area (Å²) in [6.45, 7) is 1.79. The lowest BCUT2D eigenvalue weighted by molar-refractivity contribution is -0.139. The van der Waals surface area contributed by atoms with E-state index in [-0.39, 0.29) is 31.6 Å². The molecule has 1 rings (SSSR count). The Bertz CT molecular complexity index is 636. The van der Waals surface area contributed by atoms with Crippen LogP contribution in [0.25, 0.3) is 0 Å². The molecule has 24 heavy (non-hydrogen) atoms. The summed E-state index contributed by atoms with van der Waals surface area (Å²) in [5.74, 6) is -2.20. The molecule has 0 radical (unpaired) electrons. The van der Waals surface area contributed by atoms with Gasteiger partial charge in [-0.1, -0.05) is 12.1 Å². The molecule has 1 atom stereocenters. The van der Waals surface area contributed by atoms with Gasteiger partial charge in [-0.2, -0.15) is 5.26 Å². The van der Waals surface area contributed by atoms with Crippen molar-refractivity contribution >= 4 is 17.8 Å². The van der Waals surface area contributed by atoms with Gasteiger partial charge in [0, 0.05) is 19.4 Å². The third-order valence-electron chi connectivity index (χ3n) is 3.28. The number of carboxylic acid groups (broad SMARTS) is 1. The highest BCUT2D eigenvalue weighted by Crippen LogP contribution is 2.12. The first kappa shape index (κ1) is 19.0. The molecule has 0 heterocycles. The van der Waals surface area contributed by atoms with Crippen molar-refractivity contribution in [2.75, 3.05) is 6.54 Å². The second-order valence-electron chi connectivity index (χ2n) is 5.07. The van der Waals surface area contributed by atoms with Crippen LogP contribution in [0.1, 0.15) is 25.3 Å². The zero-order valence-electron chi connectivity index (χ0n) is 13.2. The standard InChI is InChI=1S/C16H19N3O5/c1-2-19(10-17)16(24)13(18-14(21)7-8-15(22)23)9-11-3-5-12(20)6-4-11/h3-6,13,20H,2,7-9H2,1H3,(H,18,21)(H,22,23). The molecule has 1 aromatic carbocycles. The van der Waals surface area contributed by atoms with Crippen molar-refractivity contribution in [2.24, 2.45) is 0 Å². The molecule has 128 valence electrons. The largest absolute Gasteiger partial charge is 0.508 e. The van der Waals surface area contributed by atoms with Gasteiger partial charge in [-0.05, 0) is 24.6 Å². The van der Waals surface area contributed by atoms with Crippen LogP contribution in [0.5, 0.6) is 5.75 Å². The van der Waals surface area contributed by atoms with Gasteiger partial charge in [-0.25, -0.2) is 4.90 Å². The third kappa shape index (κ3) is 5.96. The van der Waals surface area contributed by atoms with Crippen LogP contribution in [0, 0.1) is 11.5 Å². The molecule has 0 bridgehead atoms. The van der Waals surface area contributed by atoms with Crippen LogP contribution in [0.3, 0.4) is 0 Å². The Hall–Kier alpha value is -3.08. The number of nitrogens with one attached hydrogen (secondary N) is 1. The van der Waals surface area contributed by atoms with Gasteiger partial charge in [0.15, 0.2) is 6.19 Å². The zero-order chi connectivity index (χ0) is 18.1. The van der Waals surface area contributed by atoms with Crippen LogP contribution in [0.15, 0.2) is 24.3 Å². The lowest BCUT2D eigenvalue weighted by Gasteiger charge is -2.21. The summed E-state index contributed by atoms with van der Waals surface area (Å²) in [5, 5.41) is 29.4. The van der Waals surface area contributed by atoms with E-state index in [1.165, 1.54) is 12.1 Å². The molecule has 3 N–H and O–H groups in total. The number of phenolic OH excluding ortho intramolecular Hbond substituents is 1. The van der Waals surface area contributed by atoms with E-state index in [0.717, 1.165) is 4.90 Å². The molecular weight excluding hydrogens is 314 g/mol. The molecule has 0 saturated heterocycles. The van der Waals surface area contributed by atoms with E-state index in [0.29, 0.717) is 5.56 Å². The van der Waals surface area contributed by atoms with Crippen molar-refractivity contribution < 1.29 is 24.6 Å². The van der Waals surface area contributed by atoms with Gasteiger partial charge in [0.05, 0.1) is 6.42 Å². The topological polar surface area (TPSA) is 131 Å². The summed E-state index contributed by atoms with van der Waals surface area (Å²) in [7, 11) is 0. The number of likely N-dealkylation sites (N-methyl/N-ethyl adjacent to an activating group) is 1. The van der Waals surface area contributed by atoms with Crippen molar-refractivity contribution in [1.29, 1.82) is 5.26 Å². The molecule has 0 aliphatic heterocycles. The quantitative estimate of drug-likeness (QED) is 0.472. The fourth-order valence-corrected chi connectivity index (χ4v) is 2.02. The first-order chi connectivity index (χ1) is 11.4. The summed E-state index contributed by atoms with van der Waals surface area (Å²) in [6, 6.07) is 5.11. The van der Waals surface area contributed by atoms with Gasteiger partial charge in [0.2, 0.25) is 5.91 Å². The Morgan fingerprint density at radius 1 is 1.25 bits per heavy atom. The molecule has 0 aliphatic rings. The normalized spacial score (nSPS) is 11.2. The second kappa shape index (κ2) is 9.15. The molecule has 1 aromatic rings. The number of amides is 2. The minimum atomic E-state index is -1.11. The highest BCUT2D eigenvalue weighted by molar-refractivity contribution is 5.89. The lowest BCUT2D eigenvalue weighted by Crippen LogP contribution is -2.48. The predicted octanol–water partition coefficient (Wildman–Crippen LogP) is 0.614. The van der Waals surface area contributed by atoms with E-state index in [4.69, 9.17) is 10.4 Å². The lowest BCUT2D eigenvalue weighted by atomic mass is 10.0. The van der Waals surface area contributed by atoms with E-state index in [9.17, 15) is 19.5 Å². The van der Waals surface area contributed by atoms with Gasteiger partial charge in [-0.15, -0.1) is 0 Å². The SMILES string of the molecule is CCN(C#N)C(=O)C(Cc1ccc(O)cc1)NC(=O)CCC(=O)O. The summed E-state index contributed by atoms with van der Waals surface area (Å²) in [6.07, 6.45) is 1.27. The second-order valence-corrected chi connectivity index (χ2v) is 5.07. The average molecular weight is 333 g/mol. The van der Waals surface area contributed by atoms with Crippen LogP contribution < -0.4 is 5.32 Å². The minimum Gasteiger partial charge on any atom is -0.508 e. The molecule has 0 saturated carbocycles. The number of carbonyl (C=O) groups excluding carboxylic acids is 2. The molecule has 0 fully saturated rings. The maximum atomic E-state index is 12.4. The van der Waals surface area contributed by atoms with E-state index in [1.807, 2.05) is 0 Å². The molecule has 8 nitrogen and oxygen atoms in total. The molecule has 8 heteroatoms. The van der Waals surface area contributed by atoms with Crippen LogP contribution in [-0.4, -0.2) is 45.5 Å². The van der Waals surface area contributed by atoms with Crippen molar-refractivity contribution in [1.82, 2.24) is 10.2 Å². The number of nitrogens with zero attached hydrogens (tertiary/aromatic N) is 2. The smallest absolute Gasteiger partial charge is 0.303 e. The number of carboxylic acids is 1. The van der Waals surface area contributed by atoms with Crippen molar-refractivity contribution in [3.8, 4) is 11.9 Å². The Morgan fingerprint density at radius 2 is 1.88 bits per heavy atom. The van der Waals surface area contributed by atoms with Gasteiger partial charge in [0.1, 0.15) is 11.8 Å². The zero-order valence-corrected chi connectivity index (χ0v) is 13.2. The predicted molar refractivity (Wildman–Crippen MR) is 83.6 cm³/mol. The number of hydrogen-bond acceptors (Lipinski definition) is 5. The maximum absolute atomic E-state index is 12.4. The Kier molecular flexibility index (Phi) is 7.23. The molecule has 1 unspecified atom stereocenters. The van der Waals surface area contributed by atoms with Crippen LogP contribution in [0.2, 0.25) is 0 Å². The van der Waals surface area contributed by atoms with E-state index < -0.39 is 23.8 Å². The highest BCUT2D eigenvalue weighted by atomic mass is 16.4. The van der Waals surface area contributed by atoms with Gasteiger partial charge >= 0.3 is 5.97 Å². The number of nitriles is 1. The minimum absolute atomic E-state index is 0.0688. The molecule has 2 amide bonds. The monoisotopic (exact) mass is 333 g/mol. The van der Waals surface area contributed by atoms with Crippen LogP contribution >= 0.6 is 0 Å². The van der Waals surface area contributed by atoms with Gasteiger partial charge in [-0.3, -0.25) is 14.4 Å². The fraction of sp³-hybridized carbons (Fsp3) is 0.375. The first-order valence-electron chi connectivity index (χ1n) is 7.37. The van der Waals surface area contributed by atoms with Gasteiger partial charge in [0.25, 0.3) is 5.91 Å². The summed E-state index contributed by atoms with van der Waals surface area (Å²) in [5.41, 5.74) is 0.679. The molecular formula is C16H19N3O5. The number of hydrogen-bond donors (Lipinski definition) is 3. The summed E-state index contributed by atoms with van der Waals surface area (Å²) < 4.78 is 0. The molecule has 0 aliphatic carbocycles. The number of aliphatic carboxylic acids is 1. The maximum Gasteiger partial charge on any atom is 0.303 e. The van der Waals surface area contributed by atoms with Crippen LogP contribution in [-0.2, 0) is 20.8 Å². The van der Waals surface area contributed by atoms with Gasteiger partial charge < -0.3 is 15.5 Å². The Labute approximate surface area is 139 Å². The number of benzene rings is 1. The van der Waals surface area contributed by atoms with E-state index in [2.05, 4.69) is 5.32 Å². The number of rotatable bonds is 8. The summed E-state index contributed by atoms with van der Waals surface area (Å²) >= 11 is 0. The highest BCUT2D eigenvalue weighted by Gasteiger charge is 2.25. The fourth-order valence-electron chi connectivity index (χ4n) is 2.02. The van der Waals surface area contributed by atoms with Crippen molar-refractivity contribution in [3.63, 3.8) is 0 Å². The summed E-state index contributed by atoms with van der Waals surface area (Å²) in [4.78, 5) is 35.7. The molecule has 0 spiro atoms. The third-order valence-corrected chi connectivity index (χ3v) is 3.28. The van der Waals surface area contributed by atoms with E-state index in [1.54, 1.807) is 25.2 Å². The number of phenols is 1. The van der Waals surface area contributed by atoms with Crippen molar-refractivity contribution in [3.05, 3.63) is 29.8 Å². The number of aromatic hydroxyl groups is 1. The van der Waals surface area contributed by atoms with Crippen LogP contribution in [0.4, 0.5) is 0 Å². The number of carbonyl (C=O) groups is 3. The molecule has 0 aromatic heterocycles. The first-order valence-corrected chi connectivity index (χ1v) is 7.37. The Morgan fingerprint density at radius 3 is 2.38 bits per heavy atom. The Balaban J connectivity index is 2.88.